The molecule has 0 unspecified atom stereocenters. The van der Waals surface area contributed by atoms with Crippen molar-refractivity contribution in [3.8, 4) is 0 Å². The molecule has 0 amide bonds. The number of rotatable bonds is 0. The second-order valence-electron chi connectivity index (χ2n) is 5.45. The predicted molar refractivity (Wildman–Crippen MR) is 109 cm³/mol. The monoisotopic (exact) mass is 412 g/mol. The van der Waals surface area contributed by atoms with Crippen LogP contribution in [0.4, 0.5) is 23.5 Å². The Kier molecular flexibility index (Phi) is 5.48. The van der Waals surface area contributed by atoms with Crippen LogP contribution in [0.5, 0.6) is 0 Å². The number of nitrogen functional groups attached to an aromatic ring is 4. The molecule has 16 nitrogen and oxygen atoms in total. The van der Waals surface area contributed by atoms with Gasteiger partial charge in [-0.15, -0.1) is 0 Å². The number of nitrogens with one attached hydrogen (secondary N) is 4. The zero-order valence-electron chi connectivity index (χ0n) is 15.1. The summed E-state index contributed by atoms with van der Waals surface area (Å²) in [5.41, 5.74) is 22.3. The van der Waals surface area contributed by atoms with E-state index in [2.05, 4.69) is 49.8 Å². The number of nitrogens with zero attached hydrogens (tertiary/aromatic N) is 6. The SMILES string of the molecule is Nc1ccnc(=O)[nH]1.Nc1nc(N)c2[nH]cnc2n1.Nc1nc2nc[nH]c2c(=O)[nH]1. The Morgan fingerprint density at radius 2 is 1.43 bits per heavy atom. The molecule has 0 bridgehead atoms. The predicted octanol–water partition coefficient (Wildman–Crippen LogP) is -1.90. The summed E-state index contributed by atoms with van der Waals surface area (Å²) in [6, 6.07) is 1.52. The van der Waals surface area contributed by atoms with Gasteiger partial charge in [0.05, 0.1) is 12.7 Å². The Balaban J connectivity index is 0.000000130. The number of fused-ring (bicyclic) bond motifs is 2. The lowest BCUT2D eigenvalue weighted by Gasteiger charge is -1.94. The topological polar surface area (TPSA) is 279 Å². The summed E-state index contributed by atoms with van der Waals surface area (Å²) < 4.78 is 0. The quantitative estimate of drug-likeness (QED) is 0.138. The second-order valence-corrected chi connectivity index (χ2v) is 5.45. The lowest BCUT2D eigenvalue weighted by atomic mass is 10.5. The van der Waals surface area contributed by atoms with Gasteiger partial charge in [0, 0.05) is 6.20 Å². The highest BCUT2D eigenvalue weighted by Crippen LogP contribution is 2.12. The van der Waals surface area contributed by atoms with Gasteiger partial charge < -0.3 is 32.9 Å². The Hall–Kier alpha value is -5.02. The van der Waals surface area contributed by atoms with Gasteiger partial charge in [-0.3, -0.25) is 14.8 Å². The minimum Gasteiger partial charge on any atom is -0.385 e. The van der Waals surface area contributed by atoms with Gasteiger partial charge in [0.2, 0.25) is 11.9 Å². The average Bonchev–Trinajstić information content (AvgIpc) is 3.32. The van der Waals surface area contributed by atoms with Crippen molar-refractivity contribution in [3.63, 3.8) is 0 Å². The van der Waals surface area contributed by atoms with E-state index in [-0.39, 0.29) is 17.5 Å². The molecule has 5 rings (SSSR count). The van der Waals surface area contributed by atoms with E-state index in [1.54, 1.807) is 0 Å². The van der Waals surface area contributed by atoms with Crippen LogP contribution in [-0.4, -0.2) is 49.8 Å². The Morgan fingerprint density at radius 1 is 0.767 bits per heavy atom. The van der Waals surface area contributed by atoms with Crippen LogP contribution in [0.3, 0.4) is 0 Å². The first-order chi connectivity index (χ1) is 14.3. The highest BCUT2D eigenvalue weighted by atomic mass is 16.1. The Morgan fingerprint density at radius 3 is 2.07 bits per heavy atom. The lowest BCUT2D eigenvalue weighted by molar-refractivity contribution is 1.08. The largest absolute Gasteiger partial charge is 0.385 e. The number of hydrogen-bond donors (Lipinski definition) is 8. The maximum atomic E-state index is 11.0. The molecule has 0 saturated heterocycles. The van der Waals surface area contributed by atoms with Crippen molar-refractivity contribution < 1.29 is 0 Å². The van der Waals surface area contributed by atoms with Crippen molar-refractivity contribution >= 4 is 45.9 Å². The molecule has 0 spiro atoms. The molecule has 0 aliphatic rings. The van der Waals surface area contributed by atoms with Crippen LogP contribution in [-0.2, 0) is 0 Å². The summed E-state index contributed by atoms with van der Waals surface area (Å²) in [5, 5.41) is 0. The molecule has 12 N–H and O–H groups in total. The lowest BCUT2D eigenvalue weighted by Crippen LogP contribution is -2.10. The number of anilines is 4. The molecule has 16 heteroatoms. The van der Waals surface area contributed by atoms with Crippen LogP contribution in [0, 0.1) is 0 Å². The highest BCUT2D eigenvalue weighted by Gasteiger charge is 2.03. The number of aromatic nitrogens is 10. The van der Waals surface area contributed by atoms with Crippen LogP contribution in [0.15, 0.2) is 34.5 Å². The molecule has 5 heterocycles. The van der Waals surface area contributed by atoms with Gasteiger partial charge in [-0.25, -0.2) is 19.7 Å². The maximum absolute atomic E-state index is 11.0. The molecule has 0 aromatic carbocycles. The van der Waals surface area contributed by atoms with E-state index in [1.165, 1.54) is 24.9 Å². The molecule has 0 saturated carbocycles. The Bertz CT molecular complexity index is 1400. The van der Waals surface area contributed by atoms with E-state index in [0.717, 1.165) is 0 Å². The van der Waals surface area contributed by atoms with E-state index < -0.39 is 5.69 Å². The van der Waals surface area contributed by atoms with E-state index in [9.17, 15) is 9.59 Å². The molecule has 154 valence electrons. The van der Waals surface area contributed by atoms with Gasteiger partial charge in [0.15, 0.2) is 22.6 Å². The minimum absolute atomic E-state index is 0.0783. The highest BCUT2D eigenvalue weighted by molar-refractivity contribution is 5.81. The summed E-state index contributed by atoms with van der Waals surface area (Å²) >= 11 is 0. The first kappa shape index (κ1) is 19.7. The Labute approximate surface area is 165 Å². The van der Waals surface area contributed by atoms with Gasteiger partial charge >= 0.3 is 5.69 Å². The summed E-state index contributed by atoms with van der Waals surface area (Å²) in [4.78, 5) is 53.7. The molecule has 30 heavy (non-hydrogen) atoms. The molecule has 5 aromatic heterocycles. The standard InChI is InChI=1S/C5H6N6.C5H5N5O.C4H5N3O/c6-3-2-4(9-1-8-2)11-5(7)10-3;6-5-9-3-2(4(11)10-5)7-1-8-3;5-3-1-2-6-4(8)7-3/h1H,(H5,6,7,8,9,10,11);1H,(H4,6,7,8,9,10,11);1-2H,(H3,5,6,7,8). The van der Waals surface area contributed by atoms with Crippen LogP contribution in [0.1, 0.15) is 0 Å². The van der Waals surface area contributed by atoms with Gasteiger partial charge in [0.25, 0.3) is 5.56 Å². The van der Waals surface area contributed by atoms with Gasteiger partial charge in [-0.1, -0.05) is 0 Å². The zero-order valence-corrected chi connectivity index (χ0v) is 15.1. The van der Waals surface area contributed by atoms with Crippen LogP contribution in [0.25, 0.3) is 22.3 Å². The van der Waals surface area contributed by atoms with Gasteiger partial charge in [-0.2, -0.15) is 15.0 Å². The number of aromatic amines is 4. The van der Waals surface area contributed by atoms with Crippen molar-refractivity contribution in [2.75, 3.05) is 22.9 Å². The van der Waals surface area contributed by atoms with Crippen LogP contribution < -0.4 is 34.2 Å². The summed E-state index contributed by atoms with van der Waals surface area (Å²) in [7, 11) is 0. The number of H-pyrrole nitrogens is 4. The van der Waals surface area contributed by atoms with E-state index in [4.69, 9.17) is 22.9 Å². The molecule has 0 atom stereocenters. The van der Waals surface area contributed by atoms with Crippen molar-refractivity contribution in [1.82, 2.24) is 49.8 Å². The second kappa shape index (κ2) is 8.33. The normalized spacial score (nSPS) is 10.1. The van der Waals surface area contributed by atoms with E-state index in [0.29, 0.717) is 34.0 Å². The van der Waals surface area contributed by atoms with Crippen molar-refractivity contribution in [2.24, 2.45) is 0 Å². The number of hydrogen-bond acceptors (Lipinski definition) is 12. The van der Waals surface area contributed by atoms with Crippen molar-refractivity contribution in [1.29, 1.82) is 0 Å². The van der Waals surface area contributed by atoms with E-state index in [1.807, 2.05) is 0 Å². The van der Waals surface area contributed by atoms with E-state index >= 15 is 0 Å². The van der Waals surface area contributed by atoms with Crippen LogP contribution >= 0.6 is 0 Å². The fraction of sp³-hybridized carbons (Fsp3) is 0. The van der Waals surface area contributed by atoms with Crippen molar-refractivity contribution in [2.45, 2.75) is 0 Å². The minimum atomic E-state index is -0.412. The molecule has 0 aliphatic heterocycles. The van der Waals surface area contributed by atoms with Gasteiger partial charge in [-0.05, 0) is 6.07 Å². The first-order valence-electron chi connectivity index (χ1n) is 8.05. The first-order valence-corrected chi connectivity index (χ1v) is 8.05. The molecule has 0 fully saturated rings. The molecule has 0 radical (unpaired) electrons. The van der Waals surface area contributed by atoms with Crippen molar-refractivity contribution in [3.05, 3.63) is 45.8 Å². The maximum Gasteiger partial charge on any atom is 0.346 e. The molecule has 5 aromatic rings. The number of imidazole rings is 2. The smallest absolute Gasteiger partial charge is 0.346 e. The molecular formula is C14H16N14O2. The fourth-order valence-electron chi connectivity index (χ4n) is 2.12. The molecular weight excluding hydrogens is 396 g/mol. The third-order valence-corrected chi connectivity index (χ3v) is 3.34. The number of nitrogens with two attached hydrogens (primary N) is 4. The van der Waals surface area contributed by atoms with Gasteiger partial charge in [0.1, 0.15) is 11.3 Å². The molecule has 0 aliphatic carbocycles. The van der Waals surface area contributed by atoms with Crippen LogP contribution in [0.2, 0.25) is 0 Å². The summed E-state index contributed by atoms with van der Waals surface area (Å²) in [5.74, 6) is 0.881. The third kappa shape index (κ3) is 4.63. The third-order valence-electron chi connectivity index (χ3n) is 3.34. The zero-order chi connectivity index (χ0) is 21.7. The summed E-state index contributed by atoms with van der Waals surface area (Å²) in [6.45, 7) is 0. The fourth-order valence-corrected chi connectivity index (χ4v) is 2.12. The average molecular weight is 412 g/mol. The summed E-state index contributed by atoms with van der Waals surface area (Å²) in [6.07, 6.45) is 4.25.